The van der Waals surface area contributed by atoms with E-state index in [1.165, 1.54) is 17.8 Å². The number of hydrogen-bond donors (Lipinski definition) is 3. The van der Waals surface area contributed by atoms with Gasteiger partial charge in [-0.2, -0.15) is 0 Å². The molecule has 220 valence electrons. The molecule has 0 aliphatic rings. The van der Waals surface area contributed by atoms with Gasteiger partial charge in [0.15, 0.2) is 0 Å². The third kappa shape index (κ3) is 7.98. The minimum atomic E-state index is -1.06. The van der Waals surface area contributed by atoms with Gasteiger partial charge in [0.2, 0.25) is 0 Å². The summed E-state index contributed by atoms with van der Waals surface area (Å²) >= 11 is 1.63. The molecule has 4 aromatic rings. The van der Waals surface area contributed by atoms with Crippen molar-refractivity contribution >= 4 is 34.7 Å². The number of aromatic hydroxyl groups is 1. The number of ether oxygens (including phenoxy) is 1. The van der Waals surface area contributed by atoms with Crippen LogP contribution in [-0.4, -0.2) is 55.0 Å². The molecule has 0 aliphatic carbocycles. The first-order chi connectivity index (χ1) is 19.9. The molecule has 1 heterocycles. The van der Waals surface area contributed by atoms with Crippen LogP contribution in [0.3, 0.4) is 0 Å². The van der Waals surface area contributed by atoms with Crippen molar-refractivity contribution in [1.29, 1.82) is 0 Å². The molecule has 0 aliphatic heterocycles. The van der Waals surface area contributed by atoms with E-state index in [4.69, 9.17) is 9.84 Å². The molecule has 0 amide bonds. The number of aliphatic hydroxyl groups is 1. The van der Waals surface area contributed by atoms with Crippen molar-refractivity contribution in [3.8, 4) is 11.4 Å². The van der Waals surface area contributed by atoms with Crippen LogP contribution >= 0.6 is 11.8 Å². The highest BCUT2D eigenvalue weighted by Crippen LogP contribution is 2.37. The molecule has 0 saturated carbocycles. The molecule has 42 heavy (non-hydrogen) atoms. The molecular formula is C32H35N3O6S. The molecule has 0 saturated heterocycles. The first kappa shape index (κ1) is 30.8. The molecule has 0 bridgehead atoms. The molecule has 3 N–H and O–H groups in total. The second-order valence-electron chi connectivity index (χ2n) is 11.1. The Labute approximate surface area is 248 Å². The Hall–Kier alpha value is -4.15. The summed E-state index contributed by atoms with van der Waals surface area (Å²) in [6.07, 6.45) is 0.853. The fourth-order valence-electron chi connectivity index (χ4n) is 4.21. The van der Waals surface area contributed by atoms with Gasteiger partial charge < -0.3 is 20.1 Å². The standard InChI is InChI=1S/C32H35N3O6S/c1-20(31(39)40)10-12-22(36)19-41-29(37)15-11-21-16-25(32(2,3)4)30(38)28(17-21)35-33-26-14-13-24(18-27(26)34-35)42-23-8-6-5-7-9-23/h5-10,13-14,16-18,22,36,38H,11-12,15,19H2,1-4H3,(H,39,40). The van der Waals surface area contributed by atoms with E-state index >= 15 is 0 Å². The molecule has 10 heteroatoms. The van der Waals surface area contributed by atoms with E-state index in [1.54, 1.807) is 17.8 Å². The number of aromatic nitrogens is 3. The number of carboxylic acid groups (broad SMARTS) is 1. The van der Waals surface area contributed by atoms with Crippen LogP contribution < -0.4 is 0 Å². The number of hydrogen-bond acceptors (Lipinski definition) is 8. The second kappa shape index (κ2) is 13.2. The van der Waals surface area contributed by atoms with Crippen molar-refractivity contribution in [3.05, 3.63) is 83.4 Å². The Bertz CT molecular complexity index is 1610. The zero-order valence-electron chi connectivity index (χ0n) is 24.1. The van der Waals surface area contributed by atoms with Crippen LogP contribution in [0.15, 0.2) is 82.1 Å². The Morgan fingerprint density at radius 1 is 1.02 bits per heavy atom. The number of phenolic OH excluding ortho intramolecular Hbond substituents is 1. The predicted octanol–water partition coefficient (Wildman–Crippen LogP) is 5.83. The summed E-state index contributed by atoms with van der Waals surface area (Å²) in [5.41, 5.74) is 3.00. The van der Waals surface area contributed by atoms with Gasteiger partial charge in [-0.05, 0) is 67.1 Å². The Kier molecular flexibility index (Phi) is 9.70. The lowest BCUT2D eigenvalue weighted by atomic mass is 9.84. The molecule has 9 nitrogen and oxygen atoms in total. The summed E-state index contributed by atoms with van der Waals surface area (Å²) in [6, 6.07) is 19.5. The monoisotopic (exact) mass is 589 g/mol. The van der Waals surface area contributed by atoms with Crippen LogP contribution in [0.25, 0.3) is 16.7 Å². The summed E-state index contributed by atoms with van der Waals surface area (Å²) in [5, 5.41) is 39.5. The third-order valence-corrected chi connectivity index (χ3v) is 7.59. The van der Waals surface area contributed by atoms with Gasteiger partial charge in [-0.1, -0.05) is 62.9 Å². The molecule has 0 radical (unpaired) electrons. The number of aliphatic hydroxyl groups excluding tert-OH is 1. The van der Waals surface area contributed by atoms with E-state index in [-0.39, 0.29) is 30.8 Å². The van der Waals surface area contributed by atoms with Gasteiger partial charge in [-0.15, -0.1) is 15.0 Å². The van der Waals surface area contributed by atoms with Crippen molar-refractivity contribution in [2.75, 3.05) is 6.61 Å². The topological polar surface area (TPSA) is 135 Å². The van der Waals surface area contributed by atoms with Crippen molar-refractivity contribution in [1.82, 2.24) is 15.0 Å². The van der Waals surface area contributed by atoms with Gasteiger partial charge in [0.05, 0.1) is 6.10 Å². The van der Waals surface area contributed by atoms with Gasteiger partial charge in [-0.25, -0.2) is 4.79 Å². The lowest BCUT2D eigenvalue weighted by Crippen LogP contribution is -2.19. The molecular weight excluding hydrogens is 554 g/mol. The zero-order chi connectivity index (χ0) is 30.4. The van der Waals surface area contributed by atoms with Gasteiger partial charge in [0.1, 0.15) is 29.1 Å². The quantitative estimate of drug-likeness (QED) is 0.146. The number of benzene rings is 3. The number of carbonyl (C=O) groups is 2. The Balaban J connectivity index is 1.51. The number of nitrogens with zero attached hydrogens (tertiary/aromatic N) is 3. The summed E-state index contributed by atoms with van der Waals surface area (Å²) in [5.74, 6) is -1.49. The third-order valence-electron chi connectivity index (χ3n) is 6.59. The second-order valence-corrected chi connectivity index (χ2v) is 12.2. The van der Waals surface area contributed by atoms with Crippen LogP contribution in [-0.2, 0) is 26.2 Å². The number of aliphatic carboxylic acids is 1. The molecule has 1 unspecified atom stereocenters. The lowest BCUT2D eigenvalue weighted by Gasteiger charge is -2.23. The maximum absolute atomic E-state index is 12.4. The number of esters is 1. The summed E-state index contributed by atoms with van der Waals surface area (Å²) in [4.78, 5) is 26.9. The largest absolute Gasteiger partial charge is 0.505 e. The predicted molar refractivity (Wildman–Crippen MR) is 161 cm³/mol. The molecule has 1 atom stereocenters. The zero-order valence-corrected chi connectivity index (χ0v) is 24.9. The van der Waals surface area contributed by atoms with Gasteiger partial charge >= 0.3 is 11.9 Å². The number of carbonyl (C=O) groups excluding carboxylic acids is 1. The molecule has 3 aromatic carbocycles. The van der Waals surface area contributed by atoms with E-state index in [9.17, 15) is 19.8 Å². The van der Waals surface area contributed by atoms with Crippen molar-refractivity contribution in [3.63, 3.8) is 0 Å². The van der Waals surface area contributed by atoms with Gasteiger partial charge in [0.25, 0.3) is 0 Å². The number of phenols is 1. The van der Waals surface area contributed by atoms with Crippen LogP contribution in [0.5, 0.6) is 5.75 Å². The minimum Gasteiger partial charge on any atom is -0.505 e. The summed E-state index contributed by atoms with van der Waals surface area (Å²) in [7, 11) is 0. The van der Waals surface area contributed by atoms with Gasteiger partial charge in [-0.3, -0.25) is 4.79 Å². The van der Waals surface area contributed by atoms with Crippen LogP contribution in [0.4, 0.5) is 0 Å². The van der Waals surface area contributed by atoms with E-state index < -0.39 is 23.5 Å². The fourth-order valence-corrected chi connectivity index (χ4v) is 5.08. The molecule has 0 fully saturated rings. The van der Waals surface area contributed by atoms with E-state index in [0.29, 0.717) is 28.7 Å². The van der Waals surface area contributed by atoms with Crippen molar-refractivity contribution < 1.29 is 29.6 Å². The highest BCUT2D eigenvalue weighted by Gasteiger charge is 2.24. The number of rotatable bonds is 11. The number of carboxylic acids is 1. The molecule has 0 spiro atoms. The van der Waals surface area contributed by atoms with Crippen molar-refractivity contribution in [2.24, 2.45) is 0 Å². The lowest BCUT2D eigenvalue weighted by molar-refractivity contribution is -0.146. The van der Waals surface area contributed by atoms with E-state index in [0.717, 1.165) is 15.4 Å². The van der Waals surface area contributed by atoms with Crippen molar-refractivity contribution in [2.45, 2.75) is 68.3 Å². The maximum Gasteiger partial charge on any atom is 0.330 e. The number of aryl methyl sites for hydroxylation is 1. The highest BCUT2D eigenvalue weighted by molar-refractivity contribution is 7.99. The number of fused-ring (bicyclic) bond motifs is 1. The molecule has 4 rings (SSSR count). The summed E-state index contributed by atoms with van der Waals surface area (Å²) in [6.45, 7) is 7.18. The van der Waals surface area contributed by atoms with Crippen LogP contribution in [0.1, 0.15) is 51.7 Å². The van der Waals surface area contributed by atoms with E-state index in [1.807, 2.05) is 75.4 Å². The average molecular weight is 590 g/mol. The SMILES string of the molecule is CC(=CCC(O)COC(=O)CCc1cc(-n2nc3ccc(Sc4ccccc4)cc3n2)c(O)c(C(C)(C)C)c1)C(=O)O. The first-order valence-corrected chi connectivity index (χ1v) is 14.4. The maximum atomic E-state index is 12.4. The van der Waals surface area contributed by atoms with Crippen LogP contribution in [0.2, 0.25) is 0 Å². The van der Waals surface area contributed by atoms with Gasteiger partial charge in [0, 0.05) is 27.3 Å². The van der Waals surface area contributed by atoms with Crippen LogP contribution in [0, 0.1) is 0 Å². The highest BCUT2D eigenvalue weighted by atomic mass is 32.2. The van der Waals surface area contributed by atoms with E-state index in [2.05, 4.69) is 10.2 Å². The molecule has 1 aromatic heterocycles. The fraction of sp³-hybridized carbons (Fsp3) is 0.312. The Morgan fingerprint density at radius 2 is 1.74 bits per heavy atom. The summed E-state index contributed by atoms with van der Waals surface area (Å²) < 4.78 is 5.20. The normalized spacial score (nSPS) is 12.8. The minimum absolute atomic E-state index is 0.0547. The Morgan fingerprint density at radius 3 is 2.43 bits per heavy atom. The smallest absolute Gasteiger partial charge is 0.330 e. The average Bonchev–Trinajstić information content (AvgIpc) is 3.37. The first-order valence-electron chi connectivity index (χ1n) is 13.6.